The molecule has 0 aliphatic rings. The molecule has 0 bridgehead atoms. The van der Waals surface area contributed by atoms with Gasteiger partial charge in [-0.05, 0) is 17.5 Å². The van der Waals surface area contributed by atoms with E-state index < -0.39 is 0 Å². The molecular weight excluding hydrogens is 230 g/mol. The fourth-order valence-electron chi connectivity index (χ4n) is 1.38. The van der Waals surface area contributed by atoms with Gasteiger partial charge in [-0.2, -0.15) is 0 Å². The number of ether oxygens (including phenoxy) is 3. The summed E-state index contributed by atoms with van der Waals surface area (Å²) < 4.78 is 16.3. The maximum absolute atomic E-state index is 6.08. The van der Waals surface area contributed by atoms with Crippen molar-refractivity contribution < 1.29 is 14.2 Å². The fourth-order valence-corrected chi connectivity index (χ4v) is 1.38. The van der Waals surface area contributed by atoms with E-state index in [1.807, 2.05) is 18.2 Å². The molecule has 0 spiro atoms. The van der Waals surface area contributed by atoms with E-state index in [4.69, 9.17) is 19.9 Å². The minimum Gasteiger partial charge on any atom is -0.493 e. The molecule has 1 unspecified atom stereocenters. The van der Waals surface area contributed by atoms with Crippen LogP contribution in [0.25, 0.3) is 0 Å². The molecule has 2 N–H and O–H groups in total. The lowest BCUT2D eigenvalue weighted by Gasteiger charge is -2.27. The van der Waals surface area contributed by atoms with Gasteiger partial charge in [0, 0.05) is 6.04 Å². The Balaban J connectivity index is 2.83. The third-order valence-electron chi connectivity index (χ3n) is 2.90. The van der Waals surface area contributed by atoms with Crippen LogP contribution in [0, 0.1) is 5.41 Å². The predicted molar refractivity (Wildman–Crippen MR) is 72.5 cm³/mol. The first kappa shape index (κ1) is 14.6. The first-order valence-electron chi connectivity index (χ1n) is 5.99. The summed E-state index contributed by atoms with van der Waals surface area (Å²) in [5.41, 5.74) is 6.07. The summed E-state index contributed by atoms with van der Waals surface area (Å²) in [6.07, 6.45) is 0. The molecule has 0 fully saturated rings. The van der Waals surface area contributed by atoms with Gasteiger partial charge >= 0.3 is 0 Å². The van der Waals surface area contributed by atoms with Gasteiger partial charge in [0.2, 0.25) is 5.75 Å². The molecule has 0 radical (unpaired) electrons. The van der Waals surface area contributed by atoms with E-state index in [0.717, 1.165) is 0 Å². The van der Waals surface area contributed by atoms with E-state index in [2.05, 4.69) is 20.8 Å². The molecule has 0 aromatic heterocycles. The molecule has 4 nitrogen and oxygen atoms in total. The highest BCUT2D eigenvalue weighted by Gasteiger charge is 2.22. The van der Waals surface area contributed by atoms with Crippen molar-refractivity contribution in [2.45, 2.75) is 26.8 Å². The van der Waals surface area contributed by atoms with Crippen molar-refractivity contribution in [2.75, 3.05) is 20.8 Å². The normalized spacial score (nSPS) is 13.0. The first-order chi connectivity index (χ1) is 8.40. The maximum atomic E-state index is 6.08. The summed E-state index contributed by atoms with van der Waals surface area (Å²) in [4.78, 5) is 0. The van der Waals surface area contributed by atoms with Crippen molar-refractivity contribution in [3.63, 3.8) is 0 Å². The van der Waals surface area contributed by atoms with Crippen molar-refractivity contribution in [1.82, 2.24) is 0 Å². The number of benzene rings is 1. The van der Waals surface area contributed by atoms with E-state index in [1.165, 1.54) is 0 Å². The number of hydrogen-bond donors (Lipinski definition) is 1. The van der Waals surface area contributed by atoms with Crippen LogP contribution in [0.4, 0.5) is 0 Å². The molecule has 4 heteroatoms. The number of nitrogens with two attached hydrogens (primary N) is 1. The van der Waals surface area contributed by atoms with Crippen LogP contribution in [0.3, 0.4) is 0 Å². The third kappa shape index (κ3) is 3.53. The largest absolute Gasteiger partial charge is 0.493 e. The summed E-state index contributed by atoms with van der Waals surface area (Å²) in [5, 5.41) is 0. The molecule has 1 rings (SSSR count). The molecule has 0 amide bonds. The summed E-state index contributed by atoms with van der Waals surface area (Å²) in [6.45, 7) is 6.67. The van der Waals surface area contributed by atoms with Crippen molar-refractivity contribution in [3.8, 4) is 17.2 Å². The van der Waals surface area contributed by atoms with Gasteiger partial charge in [0.1, 0.15) is 6.61 Å². The van der Waals surface area contributed by atoms with Gasteiger partial charge in [-0.1, -0.05) is 26.8 Å². The number of rotatable bonds is 5. The summed E-state index contributed by atoms with van der Waals surface area (Å²) in [5.74, 6) is 1.90. The Kier molecular flexibility index (Phi) is 4.84. The Labute approximate surface area is 109 Å². The van der Waals surface area contributed by atoms with Crippen LogP contribution in [0.2, 0.25) is 0 Å². The molecule has 0 saturated heterocycles. The minimum absolute atomic E-state index is 0.00471. The van der Waals surface area contributed by atoms with E-state index in [0.29, 0.717) is 23.9 Å². The summed E-state index contributed by atoms with van der Waals surface area (Å²) in [6, 6.07) is 5.46. The lowest BCUT2D eigenvalue weighted by Crippen LogP contribution is -2.40. The molecule has 1 aromatic rings. The second-order valence-electron chi connectivity index (χ2n) is 5.28. The van der Waals surface area contributed by atoms with Crippen LogP contribution in [0.5, 0.6) is 17.2 Å². The minimum atomic E-state index is -0.0629. The van der Waals surface area contributed by atoms with Crippen LogP contribution in [0.15, 0.2) is 18.2 Å². The van der Waals surface area contributed by atoms with Gasteiger partial charge in [-0.3, -0.25) is 0 Å². The Hall–Kier alpha value is -1.42. The van der Waals surface area contributed by atoms with Gasteiger partial charge in [0.05, 0.1) is 14.2 Å². The van der Waals surface area contributed by atoms with Crippen molar-refractivity contribution in [1.29, 1.82) is 0 Å². The quantitative estimate of drug-likeness (QED) is 0.875. The van der Waals surface area contributed by atoms with Crippen LogP contribution < -0.4 is 19.9 Å². The van der Waals surface area contributed by atoms with Gasteiger partial charge in [0.25, 0.3) is 0 Å². The zero-order chi connectivity index (χ0) is 13.8. The Morgan fingerprint density at radius 3 is 2.00 bits per heavy atom. The van der Waals surface area contributed by atoms with Gasteiger partial charge in [-0.15, -0.1) is 0 Å². The van der Waals surface area contributed by atoms with E-state index >= 15 is 0 Å². The molecule has 0 saturated carbocycles. The second-order valence-corrected chi connectivity index (χ2v) is 5.28. The van der Waals surface area contributed by atoms with Gasteiger partial charge in [-0.25, -0.2) is 0 Å². The highest BCUT2D eigenvalue weighted by atomic mass is 16.5. The van der Waals surface area contributed by atoms with Crippen molar-refractivity contribution in [3.05, 3.63) is 18.2 Å². The summed E-state index contributed by atoms with van der Waals surface area (Å²) in [7, 11) is 3.21. The van der Waals surface area contributed by atoms with Crippen LogP contribution in [0.1, 0.15) is 20.8 Å². The molecule has 18 heavy (non-hydrogen) atoms. The van der Waals surface area contributed by atoms with Crippen LogP contribution >= 0.6 is 0 Å². The zero-order valence-electron chi connectivity index (χ0n) is 11.8. The molecule has 0 heterocycles. The molecule has 1 aromatic carbocycles. The monoisotopic (exact) mass is 253 g/mol. The number of methoxy groups -OCH3 is 2. The van der Waals surface area contributed by atoms with Crippen molar-refractivity contribution >= 4 is 0 Å². The number of hydrogen-bond acceptors (Lipinski definition) is 4. The smallest absolute Gasteiger partial charge is 0.203 e. The molecular formula is C14H23NO3. The standard InChI is InChI=1S/C14H23NO3/c1-14(2,3)12(15)9-18-13-10(16-4)7-6-8-11(13)17-5/h6-8,12H,9,15H2,1-5H3. The van der Waals surface area contributed by atoms with E-state index in [1.54, 1.807) is 14.2 Å². The van der Waals surface area contributed by atoms with Gasteiger partial charge < -0.3 is 19.9 Å². The van der Waals surface area contributed by atoms with Gasteiger partial charge in [0.15, 0.2) is 11.5 Å². The van der Waals surface area contributed by atoms with Crippen LogP contribution in [-0.2, 0) is 0 Å². The molecule has 102 valence electrons. The lowest BCUT2D eigenvalue weighted by molar-refractivity contribution is 0.194. The average molecular weight is 253 g/mol. The topological polar surface area (TPSA) is 53.7 Å². The van der Waals surface area contributed by atoms with Crippen LogP contribution in [-0.4, -0.2) is 26.9 Å². The average Bonchev–Trinajstić information content (AvgIpc) is 2.34. The molecule has 0 aliphatic heterocycles. The Morgan fingerprint density at radius 2 is 1.61 bits per heavy atom. The lowest BCUT2D eigenvalue weighted by atomic mass is 9.88. The zero-order valence-corrected chi connectivity index (χ0v) is 11.8. The first-order valence-corrected chi connectivity index (χ1v) is 5.99. The molecule has 1 atom stereocenters. The Morgan fingerprint density at radius 1 is 1.11 bits per heavy atom. The highest BCUT2D eigenvalue weighted by molar-refractivity contribution is 5.51. The van der Waals surface area contributed by atoms with E-state index in [9.17, 15) is 0 Å². The van der Waals surface area contributed by atoms with Crippen molar-refractivity contribution in [2.24, 2.45) is 11.1 Å². The number of para-hydroxylation sites is 1. The Bertz CT molecular complexity index is 363. The molecule has 0 aliphatic carbocycles. The third-order valence-corrected chi connectivity index (χ3v) is 2.90. The second kappa shape index (κ2) is 5.96. The maximum Gasteiger partial charge on any atom is 0.203 e. The van der Waals surface area contributed by atoms with E-state index in [-0.39, 0.29) is 11.5 Å². The fraction of sp³-hybridized carbons (Fsp3) is 0.571. The predicted octanol–water partition coefficient (Wildman–Crippen LogP) is 2.46. The highest BCUT2D eigenvalue weighted by Crippen LogP contribution is 2.37. The summed E-state index contributed by atoms with van der Waals surface area (Å²) >= 11 is 0. The SMILES string of the molecule is COc1cccc(OC)c1OCC(N)C(C)(C)C.